The zero-order valence-electron chi connectivity index (χ0n) is 13.0. The number of urea groups is 1. The molecular formula is C15H26N2O4. The topological polar surface area (TPSA) is 70.1 Å². The van der Waals surface area contributed by atoms with Gasteiger partial charge in [-0.3, -0.25) is 4.79 Å². The van der Waals surface area contributed by atoms with Gasteiger partial charge in [0.25, 0.3) is 0 Å². The molecule has 0 aromatic rings. The van der Waals surface area contributed by atoms with Crippen LogP contribution in [0.2, 0.25) is 0 Å². The molecule has 1 N–H and O–H groups in total. The highest BCUT2D eigenvalue weighted by Crippen LogP contribution is 2.30. The summed E-state index contributed by atoms with van der Waals surface area (Å²) < 4.78 is 5.33. The van der Waals surface area contributed by atoms with Crippen LogP contribution in [0.5, 0.6) is 0 Å². The monoisotopic (exact) mass is 298 g/mol. The van der Waals surface area contributed by atoms with Gasteiger partial charge in [0.05, 0.1) is 19.3 Å². The number of carboxylic acids is 1. The van der Waals surface area contributed by atoms with Crippen LogP contribution in [0.15, 0.2) is 0 Å². The lowest BCUT2D eigenvalue weighted by molar-refractivity contribution is -0.142. The van der Waals surface area contributed by atoms with Gasteiger partial charge in [0, 0.05) is 19.1 Å². The number of ether oxygens (including phenoxy) is 1. The maximum absolute atomic E-state index is 12.9. The number of aliphatic carboxylic acids is 1. The number of amides is 2. The van der Waals surface area contributed by atoms with E-state index in [1.54, 1.807) is 4.90 Å². The van der Waals surface area contributed by atoms with Crippen molar-refractivity contribution in [2.24, 2.45) is 5.92 Å². The Kier molecular flexibility index (Phi) is 5.45. The zero-order chi connectivity index (χ0) is 15.4. The average Bonchev–Trinajstić information content (AvgIpc) is 3.17. The van der Waals surface area contributed by atoms with Crippen LogP contribution < -0.4 is 0 Å². The number of carbonyl (C=O) groups is 2. The van der Waals surface area contributed by atoms with Crippen LogP contribution in [0.25, 0.3) is 0 Å². The van der Waals surface area contributed by atoms with Crippen molar-refractivity contribution in [2.45, 2.75) is 51.6 Å². The molecule has 0 aromatic carbocycles. The number of rotatable bonds is 7. The molecule has 2 rings (SSSR count). The number of hydrogen-bond acceptors (Lipinski definition) is 3. The number of carbonyl (C=O) groups excluding carboxylic acids is 1. The molecule has 2 aliphatic rings. The molecule has 2 unspecified atom stereocenters. The zero-order valence-corrected chi connectivity index (χ0v) is 13.0. The molecule has 120 valence electrons. The maximum Gasteiger partial charge on any atom is 0.320 e. The molecule has 2 fully saturated rings. The summed E-state index contributed by atoms with van der Waals surface area (Å²) in [5.74, 6) is -1.48. The molecule has 0 radical (unpaired) electrons. The van der Waals surface area contributed by atoms with Crippen molar-refractivity contribution in [2.75, 3.05) is 26.3 Å². The van der Waals surface area contributed by atoms with Crippen LogP contribution in [0.1, 0.15) is 39.5 Å². The second-order valence-corrected chi connectivity index (χ2v) is 5.95. The molecule has 2 amide bonds. The molecule has 1 heterocycles. The summed E-state index contributed by atoms with van der Waals surface area (Å²) in [5.41, 5.74) is 0. The van der Waals surface area contributed by atoms with Gasteiger partial charge >= 0.3 is 12.0 Å². The molecule has 2 atom stereocenters. The second kappa shape index (κ2) is 7.11. The lowest BCUT2D eigenvalue weighted by Crippen LogP contribution is -2.53. The van der Waals surface area contributed by atoms with E-state index >= 15 is 0 Å². The fraction of sp³-hybridized carbons (Fsp3) is 0.867. The molecule has 6 heteroatoms. The smallest absolute Gasteiger partial charge is 0.320 e. The first-order valence-electron chi connectivity index (χ1n) is 7.97. The first-order valence-corrected chi connectivity index (χ1v) is 7.97. The van der Waals surface area contributed by atoms with E-state index in [0.717, 1.165) is 32.2 Å². The Balaban J connectivity index is 2.12. The lowest BCUT2D eigenvalue weighted by Gasteiger charge is -2.35. The molecule has 1 saturated heterocycles. The van der Waals surface area contributed by atoms with E-state index in [4.69, 9.17) is 4.74 Å². The Morgan fingerprint density at radius 1 is 1.10 bits per heavy atom. The van der Waals surface area contributed by atoms with Crippen LogP contribution >= 0.6 is 0 Å². The molecule has 21 heavy (non-hydrogen) atoms. The molecular weight excluding hydrogens is 272 g/mol. The van der Waals surface area contributed by atoms with Crippen molar-refractivity contribution in [3.63, 3.8) is 0 Å². The first-order chi connectivity index (χ1) is 10.1. The van der Waals surface area contributed by atoms with Crippen molar-refractivity contribution < 1.29 is 19.4 Å². The predicted octanol–water partition coefficient (Wildman–Crippen LogP) is 1.79. The minimum Gasteiger partial charge on any atom is -0.481 e. The van der Waals surface area contributed by atoms with E-state index in [-0.39, 0.29) is 18.7 Å². The Morgan fingerprint density at radius 3 is 2.24 bits per heavy atom. The second-order valence-electron chi connectivity index (χ2n) is 5.95. The van der Waals surface area contributed by atoms with Crippen molar-refractivity contribution in [1.29, 1.82) is 0 Å². The SMILES string of the molecule is CCCN(C(=O)N(CCC)C1COCC1C(=O)O)C1CC1. The van der Waals surface area contributed by atoms with Crippen LogP contribution in [0.3, 0.4) is 0 Å². The van der Waals surface area contributed by atoms with Crippen molar-refractivity contribution in [3.8, 4) is 0 Å². The lowest BCUT2D eigenvalue weighted by atomic mass is 10.0. The maximum atomic E-state index is 12.9. The molecule has 1 aliphatic heterocycles. The Morgan fingerprint density at radius 2 is 1.71 bits per heavy atom. The van der Waals surface area contributed by atoms with Crippen LogP contribution in [-0.4, -0.2) is 65.3 Å². The fourth-order valence-corrected chi connectivity index (χ4v) is 2.96. The third kappa shape index (κ3) is 3.67. The van der Waals surface area contributed by atoms with Gasteiger partial charge in [-0.1, -0.05) is 13.8 Å². The van der Waals surface area contributed by atoms with Gasteiger partial charge in [-0.2, -0.15) is 0 Å². The third-order valence-electron chi connectivity index (χ3n) is 4.18. The highest BCUT2D eigenvalue weighted by atomic mass is 16.5. The first kappa shape index (κ1) is 16.1. The average molecular weight is 298 g/mol. The number of hydrogen-bond donors (Lipinski definition) is 1. The van der Waals surface area contributed by atoms with Gasteiger partial charge in [0.15, 0.2) is 0 Å². The summed E-state index contributed by atoms with van der Waals surface area (Å²) in [4.78, 5) is 27.9. The van der Waals surface area contributed by atoms with Crippen LogP contribution in [-0.2, 0) is 9.53 Å². The minimum absolute atomic E-state index is 0.0112. The number of nitrogens with zero attached hydrogens (tertiary/aromatic N) is 2. The number of carboxylic acid groups (broad SMARTS) is 1. The van der Waals surface area contributed by atoms with Gasteiger partial charge in [0.1, 0.15) is 5.92 Å². The minimum atomic E-state index is -0.875. The predicted molar refractivity (Wildman–Crippen MR) is 78.1 cm³/mol. The molecule has 0 spiro atoms. The Labute approximate surface area is 126 Å². The molecule has 0 bridgehead atoms. The normalized spacial score (nSPS) is 24.9. The van der Waals surface area contributed by atoms with E-state index in [2.05, 4.69) is 6.92 Å². The summed E-state index contributed by atoms with van der Waals surface area (Å²) in [7, 11) is 0. The highest BCUT2D eigenvalue weighted by molar-refractivity contribution is 5.78. The van der Waals surface area contributed by atoms with Gasteiger partial charge in [-0.25, -0.2) is 4.79 Å². The van der Waals surface area contributed by atoms with Crippen molar-refractivity contribution >= 4 is 12.0 Å². The summed E-state index contributed by atoms with van der Waals surface area (Å²) in [5, 5.41) is 9.31. The van der Waals surface area contributed by atoms with Gasteiger partial charge < -0.3 is 19.6 Å². The largest absolute Gasteiger partial charge is 0.481 e. The summed E-state index contributed by atoms with van der Waals surface area (Å²) in [6, 6.07) is -0.00147. The quantitative estimate of drug-likeness (QED) is 0.778. The van der Waals surface area contributed by atoms with E-state index in [0.29, 0.717) is 19.2 Å². The summed E-state index contributed by atoms with van der Waals surface area (Å²) in [6.07, 6.45) is 3.87. The van der Waals surface area contributed by atoms with Gasteiger partial charge in [-0.05, 0) is 25.7 Å². The van der Waals surface area contributed by atoms with E-state index in [1.165, 1.54) is 0 Å². The third-order valence-corrected chi connectivity index (χ3v) is 4.18. The van der Waals surface area contributed by atoms with Crippen molar-refractivity contribution in [3.05, 3.63) is 0 Å². The molecule has 1 aliphatic carbocycles. The standard InChI is InChI=1S/C15H26N2O4/c1-3-7-16(11-5-6-11)15(20)17(8-4-2)13-10-21-9-12(13)14(18)19/h11-13H,3-10H2,1-2H3,(H,18,19). The summed E-state index contributed by atoms with van der Waals surface area (Å²) >= 11 is 0. The Hall–Kier alpha value is -1.30. The fourth-order valence-electron chi connectivity index (χ4n) is 2.96. The van der Waals surface area contributed by atoms with Gasteiger partial charge in [-0.15, -0.1) is 0 Å². The molecule has 6 nitrogen and oxygen atoms in total. The van der Waals surface area contributed by atoms with Crippen LogP contribution in [0.4, 0.5) is 4.79 Å². The van der Waals surface area contributed by atoms with E-state index < -0.39 is 11.9 Å². The van der Waals surface area contributed by atoms with E-state index in [1.807, 2.05) is 11.8 Å². The Bertz CT molecular complexity index is 384. The molecule has 0 aromatic heterocycles. The highest BCUT2D eigenvalue weighted by Gasteiger charge is 2.43. The van der Waals surface area contributed by atoms with E-state index in [9.17, 15) is 14.7 Å². The van der Waals surface area contributed by atoms with Crippen molar-refractivity contribution in [1.82, 2.24) is 9.80 Å². The van der Waals surface area contributed by atoms with Crippen LogP contribution in [0, 0.1) is 5.92 Å². The summed E-state index contributed by atoms with van der Waals surface area (Å²) in [6.45, 7) is 5.93. The molecule has 1 saturated carbocycles. The van der Waals surface area contributed by atoms with Gasteiger partial charge in [0.2, 0.25) is 0 Å².